The Morgan fingerprint density at radius 2 is 1.36 bits per heavy atom. The Bertz CT molecular complexity index is 770. The zero-order valence-electron chi connectivity index (χ0n) is 14.7. The van der Waals surface area contributed by atoms with E-state index in [-0.39, 0.29) is 5.78 Å². The van der Waals surface area contributed by atoms with Gasteiger partial charge in [0.25, 0.3) is 0 Å². The van der Waals surface area contributed by atoms with Gasteiger partial charge in [-0.15, -0.1) is 0 Å². The lowest BCUT2D eigenvalue weighted by molar-refractivity contribution is 0.104. The van der Waals surface area contributed by atoms with Gasteiger partial charge in [0.2, 0.25) is 0 Å². The van der Waals surface area contributed by atoms with Gasteiger partial charge in [-0.2, -0.15) is 0 Å². The van der Waals surface area contributed by atoms with Gasteiger partial charge < -0.3 is 24.3 Å². The molecule has 25 heavy (non-hydrogen) atoms. The fraction of sp³-hybridized carbons (Fsp3) is 0.211. The molecular weight excluding hydrogens is 322 g/mol. The van der Waals surface area contributed by atoms with Crippen LogP contribution in [0.1, 0.15) is 10.4 Å². The van der Waals surface area contributed by atoms with Crippen molar-refractivity contribution in [1.29, 1.82) is 0 Å². The van der Waals surface area contributed by atoms with E-state index in [4.69, 9.17) is 18.9 Å². The smallest absolute Gasteiger partial charge is 0.187 e. The molecule has 0 fully saturated rings. The molecule has 0 atom stereocenters. The first-order valence-electron chi connectivity index (χ1n) is 7.54. The van der Waals surface area contributed by atoms with Gasteiger partial charge in [0.1, 0.15) is 0 Å². The Balaban J connectivity index is 2.08. The first-order valence-corrected chi connectivity index (χ1v) is 7.54. The van der Waals surface area contributed by atoms with E-state index in [0.717, 1.165) is 5.69 Å². The Hall–Kier alpha value is -3.15. The molecule has 0 radical (unpaired) electrons. The van der Waals surface area contributed by atoms with Crippen LogP contribution in [0.15, 0.2) is 48.7 Å². The second-order valence-electron chi connectivity index (χ2n) is 4.98. The second kappa shape index (κ2) is 8.63. The van der Waals surface area contributed by atoms with E-state index in [1.807, 2.05) is 6.07 Å². The fourth-order valence-electron chi connectivity index (χ4n) is 2.23. The molecule has 6 nitrogen and oxygen atoms in total. The highest BCUT2D eigenvalue weighted by Gasteiger charge is 2.08. The number of ketones is 1. The molecule has 6 heteroatoms. The van der Waals surface area contributed by atoms with E-state index in [9.17, 15) is 4.79 Å². The summed E-state index contributed by atoms with van der Waals surface area (Å²) in [4.78, 5) is 12.3. The zero-order valence-corrected chi connectivity index (χ0v) is 14.7. The molecule has 0 heterocycles. The van der Waals surface area contributed by atoms with Crippen molar-refractivity contribution in [1.82, 2.24) is 0 Å². The Labute approximate surface area is 147 Å². The summed E-state index contributed by atoms with van der Waals surface area (Å²) in [6, 6.07) is 10.4. The summed E-state index contributed by atoms with van der Waals surface area (Å²) >= 11 is 0. The van der Waals surface area contributed by atoms with Gasteiger partial charge in [0.05, 0.1) is 28.4 Å². The second-order valence-corrected chi connectivity index (χ2v) is 4.98. The van der Waals surface area contributed by atoms with Crippen molar-refractivity contribution >= 4 is 11.5 Å². The summed E-state index contributed by atoms with van der Waals surface area (Å²) < 4.78 is 20.8. The predicted octanol–water partition coefficient (Wildman–Crippen LogP) is 3.53. The Morgan fingerprint density at radius 1 is 0.800 bits per heavy atom. The van der Waals surface area contributed by atoms with Crippen LogP contribution in [0.3, 0.4) is 0 Å². The van der Waals surface area contributed by atoms with Crippen molar-refractivity contribution in [2.45, 2.75) is 0 Å². The molecule has 0 amide bonds. The van der Waals surface area contributed by atoms with Gasteiger partial charge in [-0.25, -0.2) is 0 Å². The van der Waals surface area contributed by atoms with E-state index < -0.39 is 0 Å². The summed E-state index contributed by atoms with van der Waals surface area (Å²) in [5.74, 6) is 2.17. The third kappa shape index (κ3) is 4.44. The maximum atomic E-state index is 12.3. The molecule has 0 bridgehead atoms. The van der Waals surface area contributed by atoms with Crippen LogP contribution in [-0.2, 0) is 0 Å². The predicted molar refractivity (Wildman–Crippen MR) is 96.2 cm³/mol. The van der Waals surface area contributed by atoms with Crippen molar-refractivity contribution in [3.63, 3.8) is 0 Å². The van der Waals surface area contributed by atoms with Crippen LogP contribution in [0.25, 0.3) is 0 Å². The first-order chi connectivity index (χ1) is 12.1. The fourth-order valence-corrected chi connectivity index (χ4v) is 2.23. The van der Waals surface area contributed by atoms with Crippen molar-refractivity contribution in [2.24, 2.45) is 0 Å². The van der Waals surface area contributed by atoms with E-state index in [0.29, 0.717) is 28.6 Å². The van der Waals surface area contributed by atoms with E-state index in [2.05, 4.69) is 5.32 Å². The lowest BCUT2D eigenvalue weighted by Gasteiger charge is -2.09. The van der Waals surface area contributed by atoms with Crippen LogP contribution in [0.2, 0.25) is 0 Å². The number of ether oxygens (including phenoxy) is 4. The van der Waals surface area contributed by atoms with Gasteiger partial charge in [0.15, 0.2) is 28.8 Å². The van der Waals surface area contributed by atoms with Gasteiger partial charge in [0, 0.05) is 29.6 Å². The molecular formula is C19H21NO5. The summed E-state index contributed by atoms with van der Waals surface area (Å²) in [6.07, 6.45) is 3.01. The number of benzene rings is 2. The van der Waals surface area contributed by atoms with E-state index >= 15 is 0 Å². The molecule has 2 rings (SSSR count). The van der Waals surface area contributed by atoms with Gasteiger partial charge in [-0.1, -0.05) is 0 Å². The topological polar surface area (TPSA) is 66.0 Å². The highest BCUT2D eigenvalue weighted by atomic mass is 16.5. The summed E-state index contributed by atoms with van der Waals surface area (Å²) in [6.45, 7) is 0. The number of carbonyl (C=O) groups excluding carboxylic acids is 1. The maximum absolute atomic E-state index is 12.3. The van der Waals surface area contributed by atoms with Crippen LogP contribution < -0.4 is 24.3 Å². The van der Waals surface area contributed by atoms with Gasteiger partial charge >= 0.3 is 0 Å². The largest absolute Gasteiger partial charge is 0.493 e. The van der Waals surface area contributed by atoms with Crippen LogP contribution in [0.4, 0.5) is 5.69 Å². The molecule has 0 aliphatic heterocycles. The minimum atomic E-state index is -0.158. The number of hydrogen-bond donors (Lipinski definition) is 1. The molecule has 0 saturated carbocycles. The molecule has 0 spiro atoms. The SMILES string of the molecule is COc1ccc(NC=CC(=O)c2ccc(OC)c(OC)c2)cc1OC. The number of rotatable bonds is 8. The monoisotopic (exact) mass is 343 g/mol. The number of hydrogen-bond acceptors (Lipinski definition) is 6. The van der Waals surface area contributed by atoms with Gasteiger partial charge in [-0.05, 0) is 30.3 Å². The molecule has 0 unspecified atom stereocenters. The molecule has 0 aromatic heterocycles. The van der Waals surface area contributed by atoms with Crippen LogP contribution >= 0.6 is 0 Å². The molecule has 2 aromatic rings. The highest BCUT2D eigenvalue weighted by molar-refractivity contribution is 6.05. The highest BCUT2D eigenvalue weighted by Crippen LogP contribution is 2.30. The minimum Gasteiger partial charge on any atom is -0.493 e. The first kappa shape index (κ1) is 18.2. The Kier molecular flexibility index (Phi) is 6.28. The lowest BCUT2D eigenvalue weighted by Crippen LogP contribution is -1.99. The molecule has 132 valence electrons. The van der Waals surface area contributed by atoms with Gasteiger partial charge in [-0.3, -0.25) is 4.79 Å². The van der Waals surface area contributed by atoms with E-state index in [1.54, 1.807) is 57.9 Å². The molecule has 1 N–H and O–H groups in total. The van der Waals surface area contributed by atoms with Crippen molar-refractivity contribution < 1.29 is 23.7 Å². The molecule has 0 aliphatic carbocycles. The minimum absolute atomic E-state index is 0.158. The summed E-state index contributed by atoms with van der Waals surface area (Å²) in [5.41, 5.74) is 1.28. The van der Waals surface area contributed by atoms with Crippen molar-refractivity contribution in [3.05, 3.63) is 54.2 Å². The van der Waals surface area contributed by atoms with E-state index in [1.165, 1.54) is 13.2 Å². The Morgan fingerprint density at radius 3 is 1.96 bits per heavy atom. The lowest BCUT2D eigenvalue weighted by atomic mass is 10.1. The number of methoxy groups -OCH3 is 4. The number of allylic oxidation sites excluding steroid dienone is 1. The summed E-state index contributed by atoms with van der Waals surface area (Å²) in [7, 11) is 6.22. The molecule has 0 aliphatic rings. The van der Waals surface area contributed by atoms with Crippen molar-refractivity contribution in [2.75, 3.05) is 33.8 Å². The normalized spacial score (nSPS) is 10.4. The van der Waals surface area contributed by atoms with Crippen molar-refractivity contribution in [3.8, 4) is 23.0 Å². The third-order valence-corrected chi connectivity index (χ3v) is 3.54. The number of nitrogens with one attached hydrogen (secondary N) is 1. The van der Waals surface area contributed by atoms with Crippen LogP contribution in [0.5, 0.6) is 23.0 Å². The zero-order chi connectivity index (χ0) is 18.2. The summed E-state index contributed by atoms with van der Waals surface area (Å²) in [5, 5.41) is 3.03. The van der Waals surface area contributed by atoms with Crippen LogP contribution in [0, 0.1) is 0 Å². The quantitative estimate of drug-likeness (QED) is 0.584. The molecule has 0 saturated heterocycles. The average molecular weight is 343 g/mol. The maximum Gasteiger partial charge on any atom is 0.187 e. The number of anilines is 1. The standard InChI is InChI=1S/C19H21NO5/c1-22-16-7-5-13(11-18(16)24-3)15(21)9-10-20-14-6-8-17(23-2)19(12-14)25-4/h5-12,20H,1-4H3. The third-order valence-electron chi connectivity index (χ3n) is 3.54. The molecule has 2 aromatic carbocycles. The van der Waals surface area contributed by atoms with Crippen LogP contribution in [-0.4, -0.2) is 34.2 Å². The number of carbonyl (C=O) groups is 1. The average Bonchev–Trinajstić information content (AvgIpc) is 2.66.